The summed E-state index contributed by atoms with van der Waals surface area (Å²) >= 11 is 0. The maximum Gasteiger partial charge on any atom is 0.508 e. The lowest BCUT2D eigenvalue weighted by atomic mass is 9.77. The Bertz CT molecular complexity index is 955. The van der Waals surface area contributed by atoms with Crippen LogP contribution in [0.15, 0.2) is 0 Å². The molecule has 42 heavy (non-hydrogen) atoms. The predicted octanol–water partition coefficient (Wildman–Crippen LogP) is 3.39. The molecule has 0 aromatic carbocycles. The van der Waals surface area contributed by atoms with Gasteiger partial charge in [-0.15, -0.1) is 0 Å². The molecule has 4 unspecified atom stereocenters. The first kappa shape index (κ1) is 36.6. The molecule has 1 saturated heterocycles. The van der Waals surface area contributed by atoms with Gasteiger partial charge in [0.25, 0.3) is 0 Å². The molecule has 0 saturated carbocycles. The van der Waals surface area contributed by atoms with Crippen LogP contribution in [0.2, 0.25) is 0 Å². The Kier molecular flexibility index (Phi) is 14.8. The van der Waals surface area contributed by atoms with Gasteiger partial charge >= 0.3 is 36.0 Å². The fourth-order valence-electron chi connectivity index (χ4n) is 4.29. The van der Waals surface area contributed by atoms with Crippen molar-refractivity contribution in [1.82, 2.24) is 0 Å². The standard InChI is InChI=1S/C29H46O13/c1-9-18(4)22(30)36-12-13-37-23(31)20(10-2)28(5,6)25(33)38-14-15-39-26(34)29(7,8)21(11-3)24(32)40-16-19-17-41-27(35)42-19/h18-21H,9-17H2,1-8H3. The maximum absolute atomic E-state index is 12.8. The summed E-state index contributed by atoms with van der Waals surface area (Å²) in [4.78, 5) is 73.8. The van der Waals surface area contributed by atoms with Gasteiger partial charge < -0.3 is 33.2 Å². The topological polar surface area (TPSA) is 167 Å². The van der Waals surface area contributed by atoms with Gasteiger partial charge in [-0.2, -0.15) is 0 Å². The van der Waals surface area contributed by atoms with E-state index in [1.165, 1.54) is 0 Å². The van der Waals surface area contributed by atoms with E-state index in [-0.39, 0.29) is 57.9 Å². The van der Waals surface area contributed by atoms with Gasteiger partial charge in [0.05, 0.1) is 28.6 Å². The van der Waals surface area contributed by atoms with Crippen molar-refractivity contribution in [2.75, 3.05) is 39.6 Å². The SMILES string of the molecule is CCC(C)C(=O)OCCOC(=O)C(CC)C(C)(C)C(=O)OCCOC(=O)C(C)(C)C(CC)C(=O)OCC1COC(=O)O1. The molecule has 240 valence electrons. The zero-order valence-electron chi connectivity index (χ0n) is 26.0. The zero-order chi connectivity index (χ0) is 32.1. The monoisotopic (exact) mass is 602 g/mol. The Hall–Kier alpha value is -3.38. The normalized spacial score (nSPS) is 17.1. The lowest BCUT2D eigenvalue weighted by Crippen LogP contribution is -2.41. The van der Waals surface area contributed by atoms with Crippen molar-refractivity contribution in [3.05, 3.63) is 0 Å². The van der Waals surface area contributed by atoms with Crippen molar-refractivity contribution in [2.24, 2.45) is 28.6 Å². The summed E-state index contributed by atoms with van der Waals surface area (Å²) in [5.41, 5.74) is -2.52. The first-order valence-electron chi connectivity index (χ1n) is 14.3. The van der Waals surface area contributed by atoms with Gasteiger partial charge in [-0.05, 0) is 47.0 Å². The molecular weight excluding hydrogens is 556 g/mol. The van der Waals surface area contributed by atoms with Gasteiger partial charge in [0.1, 0.15) is 39.6 Å². The number of hydrogen-bond donors (Lipinski definition) is 0. The number of hydrogen-bond acceptors (Lipinski definition) is 13. The Morgan fingerprint density at radius 3 is 1.55 bits per heavy atom. The van der Waals surface area contributed by atoms with E-state index in [0.29, 0.717) is 12.8 Å². The Morgan fingerprint density at radius 1 is 0.714 bits per heavy atom. The summed E-state index contributed by atoms with van der Waals surface area (Å²) in [6, 6.07) is 0. The van der Waals surface area contributed by atoms with Gasteiger partial charge in [-0.3, -0.25) is 24.0 Å². The van der Waals surface area contributed by atoms with Crippen LogP contribution in [0, 0.1) is 28.6 Å². The number of cyclic esters (lactones) is 2. The first-order chi connectivity index (χ1) is 19.6. The van der Waals surface area contributed by atoms with Crippen molar-refractivity contribution in [1.29, 1.82) is 0 Å². The Balaban J connectivity index is 2.55. The summed E-state index contributed by atoms with van der Waals surface area (Å²) in [6.45, 7) is 12.3. The van der Waals surface area contributed by atoms with E-state index in [4.69, 9.17) is 28.4 Å². The molecule has 1 aliphatic rings. The van der Waals surface area contributed by atoms with Crippen molar-refractivity contribution >= 4 is 36.0 Å². The number of ether oxygens (including phenoxy) is 7. The highest BCUT2D eigenvalue weighted by atomic mass is 16.8. The first-order valence-corrected chi connectivity index (χ1v) is 14.3. The van der Waals surface area contributed by atoms with Crippen LogP contribution in [0.3, 0.4) is 0 Å². The molecule has 0 aromatic heterocycles. The van der Waals surface area contributed by atoms with Gasteiger partial charge in [0.2, 0.25) is 0 Å². The van der Waals surface area contributed by atoms with Gasteiger partial charge in [-0.25, -0.2) is 4.79 Å². The van der Waals surface area contributed by atoms with Crippen molar-refractivity contribution < 1.29 is 61.9 Å². The summed E-state index contributed by atoms with van der Waals surface area (Å²) in [7, 11) is 0. The average Bonchev–Trinajstić information content (AvgIpc) is 3.36. The minimum Gasteiger partial charge on any atom is -0.462 e. The number of carbonyl (C=O) groups is 6. The van der Waals surface area contributed by atoms with Crippen molar-refractivity contribution in [3.63, 3.8) is 0 Å². The summed E-state index contributed by atoms with van der Waals surface area (Å²) in [5.74, 6) is -4.95. The molecule has 0 radical (unpaired) electrons. The quantitative estimate of drug-likeness (QED) is 0.127. The Labute approximate surface area is 247 Å². The van der Waals surface area contributed by atoms with E-state index in [9.17, 15) is 28.8 Å². The van der Waals surface area contributed by atoms with E-state index in [2.05, 4.69) is 4.74 Å². The zero-order valence-corrected chi connectivity index (χ0v) is 26.0. The molecule has 13 heteroatoms. The number of carbonyl (C=O) groups excluding carboxylic acids is 6. The minimum atomic E-state index is -1.27. The largest absolute Gasteiger partial charge is 0.508 e. The fourth-order valence-corrected chi connectivity index (χ4v) is 4.29. The molecule has 1 aliphatic heterocycles. The summed E-state index contributed by atoms with van der Waals surface area (Å²) in [5, 5.41) is 0. The number of rotatable bonds is 18. The lowest BCUT2D eigenvalue weighted by Gasteiger charge is -2.31. The lowest BCUT2D eigenvalue weighted by molar-refractivity contribution is -0.174. The fraction of sp³-hybridized carbons (Fsp3) is 0.793. The van der Waals surface area contributed by atoms with Gasteiger partial charge in [-0.1, -0.05) is 27.7 Å². The van der Waals surface area contributed by atoms with Crippen LogP contribution in [0.4, 0.5) is 4.79 Å². The predicted molar refractivity (Wildman–Crippen MR) is 146 cm³/mol. The van der Waals surface area contributed by atoms with Crippen LogP contribution in [-0.4, -0.2) is 81.7 Å². The molecule has 1 heterocycles. The molecule has 0 amide bonds. The minimum absolute atomic E-state index is 0.0281. The second kappa shape index (κ2) is 16.9. The van der Waals surface area contributed by atoms with Crippen molar-refractivity contribution in [3.8, 4) is 0 Å². The molecule has 13 nitrogen and oxygen atoms in total. The van der Waals surface area contributed by atoms with Crippen LogP contribution in [0.5, 0.6) is 0 Å². The average molecular weight is 603 g/mol. The van der Waals surface area contributed by atoms with E-state index in [1.54, 1.807) is 48.5 Å². The molecule has 1 fully saturated rings. The maximum atomic E-state index is 12.8. The van der Waals surface area contributed by atoms with Gasteiger partial charge in [0.15, 0.2) is 6.10 Å². The molecule has 0 aromatic rings. The molecule has 4 atom stereocenters. The molecule has 0 N–H and O–H groups in total. The highest BCUT2D eigenvalue weighted by molar-refractivity contribution is 5.85. The van der Waals surface area contributed by atoms with Crippen LogP contribution in [0.25, 0.3) is 0 Å². The van der Waals surface area contributed by atoms with E-state index < -0.39 is 58.8 Å². The second-order valence-electron chi connectivity index (χ2n) is 11.2. The third-order valence-corrected chi connectivity index (χ3v) is 7.38. The van der Waals surface area contributed by atoms with Gasteiger partial charge in [0, 0.05) is 0 Å². The smallest absolute Gasteiger partial charge is 0.462 e. The summed E-state index contributed by atoms with van der Waals surface area (Å²) < 4.78 is 35.6. The van der Waals surface area contributed by atoms with Crippen LogP contribution in [0.1, 0.15) is 74.7 Å². The molecule has 0 aliphatic carbocycles. The highest BCUT2D eigenvalue weighted by Crippen LogP contribution is 2.33. The van der Waals surface area contributed by atoms with Crippen molar-refractivity contribution in [2.45, 2.75) is 80.8 Å². The second-order valence-corrected chi connectivity index (χ2v) is 11.2. The molecule has 1 rings (SSSR count). The Morgan fingerprint density at radius 2 is 1.14 bits per heavy atom. The van der Waals surface area contributed by atoms with E-state index >= 15 is 0 Å². The number of esters is 5. The highest BCUT2D eigenvalue weighted by Gasteiger charge is 2.44. The molecule has 0 bridgehead atoms. The molecular formula is C29H46O13. The van der Waals surface area contributed by atoms with Crippen LogP contribution in [-0.2, 0) is 57.1 Å². The van der Waals surface area contributed by atoms with E-state index in [0.717, 1.165) is 0 Å². The summed E-state index contributed by atoms with van der Waals surface area (Å²) in [6.07, 6.45) is -0.337. The molecule has 0 spiro atoms. The van der Waals surface area contributed by atoms with Crippen LogP contribution < -0.4 is 0 Å². The van der Waals surface area contributed by atoms with E-state index in [1.807, 2.05) is 6.92 Å². The van der Waals surface area contributed by atoms with Crippen LogP contribution >= 0.6 is 0 Å². The third kappa shape index (κ3) is 10.5. The third-order valence-electron chi connectivity index (χ3n) is 7.38.